The number of benzene rings is 2. The van der Waals surface area contributed by atoms with Gasteiger partial charge in [0.25, 0.3) is 0 Å². The van der Waals surface area contributed by atoms with Gasteiger partial charge in [0.05, 0.1) is 30.5 Å². The number of aliphatic hydroxyl groups excluding tert-OH is 1. The second kappa shape index (κ2) is 7.48. The number of amidine groups is 1. The minimum Gasteiger partial charge on any atom is -0.510 e. The number of rotatable bonds is 4. The molecule has 1 aromatic heterocycles. The first-order chi connectivity index (χ1) is 14.0. The van der Waals surface area contributed by atoms with Crippen molar-refractivity contribution in [3.63, 3.8) is 0 Å². The van der Waals surface area contributed by atoms with Crippen molar-refractivity contribution in [2.24, 2.45) is 0 Å². The van der Waals surface area contributed by atoms with Crippen molar-refractivity contribution in [1.82, 2.24) is 4.98 Å². The second-order valence-electron chi connectivity index (χ2n) is 6.34. The van der Waals surface area contributed by atoms with Crippen LogP contribution in [-0.4, -0.2) is 35.5 Å². The summed E-state index contributed by atoms with van der Waals surface area (Å²) in [5.41, 5.74) is 2.84. The maximum absolute atomic E-state index is 13.1. The molecule has 0 saturated carbocycles. The van der Waals surface area contributed by atoms with Crippen molar-refractivity contribution in [2.45, 2.75) is 0 Å². The summed E-state index contributed by atoms with van der Waals surface area (Å²) in [5, 5.41) is 21.3. The molecule has 0 unspecified atom stereocenters. The van der Waals surface area contributed by atoms with E-state index in [4.69, 9.17) is 5.41 Å². The first-order valence-electron chi connectivity index (χ1n) is 8.66. The van der Waals surface area contributed by atoms with Gasteiger partial charge in [-0.05, 0) is 48.5 Å². The highest BCUT2D eigenvalue weighted by Crippen LogP contribution is 2.34. The molecule has 0 fully saturated rings. The van der Waals surface area contributed by atoms with Gasteiger partial charge < -0.3 is 14.7 Å². The molecule has 2 heterocycles. The van der Waals surface area contributed by atoms with Crippen LogP contribution in [0.25, 0.3) is 16.8 Å². The van der Waals surface area contributed by atoms with Gasteiger partial charge in [-0.15, -0.1) is 11.3 Å². The molecule has 2 aromatic carbocycles. The lowest BCUT2D eigenvalue weighted by Crippen LogP contribution is -2.26. The third-order valence-corrected chi connectivity index (χ3v) is 5.42. The first kappa shape index (κ1) is 18.8. The molecule has 4 rings (SSSR count). The van der Waals surface area contributed by atoms with Gasteiger partial charge in [0.15, 0.2) is 0 Å². The second-order valence-corrected chi connectivity index (χ2v) is 7.20. The zero-order valence-corrected chi connectivity index (χ0v) is 16.2. The van der Waals surface area contributed by atoms with Crippen molar-refractivity contribution in [1.29, 1.82) is 5.41 Å². The van der Waals surface area contributed by atoms with Crippen molar-refractivity contribution in [3.05, 3.63) is 76.1 Å². The summed E-state index contributed by atoms with van der Waals surface area (Å²) in [6, 6.07) is 12.6. The van der Waals surface area contributed by atoms with Crippen molar-refractivity contribution in [2.75, 3.05) is 18.6 Å². The average molecular weight is 409 g/mol. The molecule has 29 heavy (non-hydrogen) atoms. The van der Waals surface area contributed by atoms with Crippen LogP contribution in [-0.2, 0) is 4.74 Å². The van der Waals surface area contributed by atoms with E-state index in [1.165, 1.54) is 30.6 Å². The number of carbonyl (C=O) groups is 1. The minimum atomic E-state index is -0.439. The summed E-state index contributed by atoms with van der Waals surface area (Å²) in [5.74, 6) is -0.595. The van der Waals surface area contributed by atoms with Crippen LogP contribution in [0.2, 0.25) is 0 Å². The Labute approximate surface area is 170 Å². The summed E-state index contributed by atoms with van der Waals surface area (Å²) in [7, 11) is 1.31. The van der Waals surface area contributed by atoms with Crippen LogP contribution in [0.5, 0.6) is 0 Å². The summed E-state index contributed by atoms with van der Waals surface area (Å²) in [4.78, 5) is 17.7. The lowest BCUT2D eigenvalue weighted by Gasteiger charge is -2.18. The maximum atomic E-state index is 13.1. The maximum Gasteiger partial charge on any atom is 0.337 e. The van der Waals surface area contributed by atoms with Gasteiger partial charge in [-0.25, -0.2) is 14.2 Å². The predicted octanol–water partition coefficient (Wildman–Crippen LogP) is 4.50. The average Bonchev–Trinajstić information content (AvgIpc) is 3.32. The first-order valence-corrected chi connectivity index (χ1v) is 9.54. The molecule has 1 aliphatic heterocycles. The topological polar surface area (TPSA) is 86.5 Å². The smallest absolute Gasteiger partial charge is 0.337 e. The molecule has 0 aliphatic carbocycles. The molecule has 3 aromatic rings. The number of nitrogens with zero attached hydrogens (tertiary/aromatic N) is 2. The molecule has 0 amide bonds. The molecule has 146 valence electrons. The van der Waals surface area contributed by atoms with Gasteiger partial charge in [-0.1, -0.05) is 0 Å². The highest BCUT2D eigenvalue weighted by molar-refractivity contribution is 7.11. The summed E-state index contributed by atoms with van der Waals surface area (Å²) >= 11 is 1.31. The third-order valence-electron chi connectivity index (χ3n) is 4.56. The number of thiazole rings is 1. The summed E-state index contributed by atoms with van der Waals surface area (Å²) in [6.07, 6.45) is 0. The van der Waals surface area contributed by atoms with E-state index in [9.17, 15) is 14.3 Å². The highest BCUT2D eigenvalue weighted by atomic mass is 32.1. The number of ether oxygens (including phenoxy) is 1. The van der Waals surface area contributed by atoms with Crippen LogP contribution in [0.15, 0.2) is 59.7 Å². The fraction of sp³-hybridized carbons (Fsp3) is 0.0952. The van der Waals surface area contributed by atoms with E-state index in [1.54, 1.807) is 41.3 Å². The molecule has 0 bridgehead atoms. The highest BCUT2D eigenvalue weighted by Gasteiger charge is 2.31. The molecule has 8 heteroatoms. The van der Waals surface area contributed by atoms with Gasteiger partial charge in [-0.2, -0.15) is 0 Å². The third kappa shape index (κ3) is 3.50. The van der Waals surface area contributed by atoms with E-state index in [-0.39, 0.29) is 24.0 Å². The minimum absolute atomic E-state index is 0.0482. The van der Waals surface area contributed by atoms with Gasteiger partial charge in [0.2, 0.25) is 0 Å². The Hall–Kier alpha value is -3.52. The Morgan fingerprint density at radius 3 is 2.55 bits per heavy atom. The fourth-order valence-electron chi connectivity index (χ4n) is 3.06. The number of hydrogen-bond acceptors (Lipinski definition) is 6. The number of aliphatic hydroxyl groups is 1. The number of methoxy groups -OCH3 is 1. The molecule has 1 aliphatic rings. The van der Waals surface area contributed by atoms with Gasteiger partial charge in [0.1, 0.15) is 22.4 Å². The van der Waals surface area contributed by atoms with E-state index in [2.05, 4.69) is 9.72 Å². The molecule has 0 spiro atoms. The normalized spacial score (nSPS) is 13.9. The van der Waals surface area contributed by atoms with Gasteiger partial charge >= 0.3 is 5.97 Å². The van der Waals surface area contributed by atoms with E-state index in [0.29, 0.717) is 27.5 Å². The van der Waals surface area contributed by atoms with E-state index in [0.717, 1.165) is 5.56 Å². The lowest BCUT2D eigenvalue weighted by atomic mass is 10.2. The molecule has 2 N–H and O–H groups in total. The Morgan fingerprint density at radius 2 is 1.90 bits per heavy atom. The molecule has 0 radical (unpaired) electrons. The predicted molar refractivity (Wildman–Crippen MR) is 110 cm³/mol. The zero-order chi connectivity index (χ0) is 20.5. The van der Waals surface area contributed by atoms with Crippen LogP contribution >= 0.6 is 11.3 Å². The van der Waals surface area contributed by atoms with E-state index >= 15 is 0 Å². The number of esters is 1. The monoisotopic (exact) mass is 409 g/mol. The molecular formula is C21H16FN3O3S. The standard InChI is InChI=1S/C21H16FN3O3S/c1-28-21(27)13-4-8-15(9-5-13)25-10-17(26)18(19(25)23)20-24-16(11-29-20)12-2-6-14(22)7-3-12/h2-9,11,23,26H,10H2,1H3. The number of aromatic nitrogens is 1. The molecule has 0 saturated heterocycles. The number of anilines is 1. The summed E-state index contributed by atoms with van der Waals surface area (Å²) in [6.45, 7) is 0.136. The summed E-state index contributed by atoms with van der Waals surface area (Å²) < 4.78 is 17.8. The van der Waals surface area contributed by atoms with Crippen LogP contribution in [0, 0.1) is 11.2 Å². The quantitative estimate of drug-likeness (QED) is 0.620. The zero-order valence-electron chi connectivity index (χ0n) is 15.3. The molecular weight excluding hydrogens is 393 g/mol. The fourth-order valence-corrected chi connectivity index (χ4v) is 3.96. The SMILES string of the molecule is COC(=O)c1ccc(N2CC(O)=C(c3nc(-c4ccc(F)cc4)cs3)C2=N)cc1. The van der Waals surface area contributed by atoms with E-state index in [1.807, 2.05) is 5.38 Å². The van der Waals surface area contributed by atoms with E-state index < -0.39 is 5.97 Å². The Balaban J connectivity index is 1.58. The van der Waals surface area contributed by atoms with Crippen LogP contribution in [0.1, 0.15) is 15.4 Å². The van der Waals surface area contributed by atoms with Crippen LogP contribution in [0.4, 0.5) is 10.1 Å². The van der Waals surface area contributed by atoms with Crippen LogP contribution < -0.4 is 4.90 Å². The number of hydrogen-bond donors (Lipinski definition) is 2. The lowest BCUT2D eigenvalue weighted by molar-refractivity contribution is 0.0600. The van der Waals surface area contributed by atoms with Gasteiger partial charge in [-0.3, -0.25) is 5.41 Å². The Morgan fingerprint density at radius 1 is 1.21 bits per heavy atom. The largest absolute Gasteiger partial charge is 0.510 e. The number of carbonyl (C=O) groups excluding carboxylic acids is 1. The number of nitrogens with one attached hydrogen (secondary N) is 1. The molecule has 0 atom stereocenters. The van der Waals surface area contributed by atoms with Gasteiger partial charge in [0, 0.05) is 16.6 Å². The van der Waals surface area contributed by atoms with Crippen molar-refractivity contribution in [3.8, 4) is 11.3 Å². The number of halogens is 1. The van der Waals surface area contributed by atoms with Crippen molar-refractivity contribution >= 4 is 34.4 Å². The van der Waals surface area contributed by atoms with Crippen LogP contribution in [0.3, 0.4) is 0 Å². The Kier molecular flexibility index (Phi) is 4.85. The Bertz CT molecular complexity index is 1120. The van der Waals surface area contributed by atoms with Crippen molar-refractivity contribution < 1.29 is 19.0 Å². The molecule has 6 nitrogen and oxygen atoms in total.